The third-order valence-corrected chi connectivity index (χ3v) is 2.19. The van der Waals surface area contributed by atoms with Crippen LogP contribution < -0.4 is 10.6 Å². The van der Waals surface area contributed by atoms with Gasteiger partial charge in [0.2, 0.25) is 0 Å². The second kappa shape index (κ2) is 6.19. The van der Waals surface area contributed by atoms with Crippen LogP contribution >= 0.6 is 12.2 Å². The largest absolute Gasteiger partial charge is 0.377 e. The van der Waals surface area contributed by atoms with Crippen molar-refractivity contribution in [2.75, 3.05) is 20.2 Å². The van der Waals surface area contributed by atoms with Crippen LogP contribution in [0.4, 0.5) is 0 Å². The molecule has 0 spiro atoms. The van der Waals surface area contributed by atoms with Crippen LogP contribution in [0.2, 0.25) is 0 Å². The van der Waals surface area contributed by atoms with Crippen molar-refractivity contribution in [2.24, 2.45) is 5.92 Å². The van der Waals surface area contributed by atoms with Gasteiger partial charge in [-0.2, -0.15) is 0 Å². The standard InChI is InChI=1S/C10H22N2OS/c1-8(2)6-11-9(14)12-7-10(3,4)13-5/h8H,6-7H2,1-5H3,(H2,11,12,14). The highest BCUT2D eigenvalue weighted by Gasteiger charge is 2.15. The SMILES string of the molecule is COC(C)(C)CNC(=S)NCC(C)C. The van der Waals surface area contributed by atoms with Crippen LogP contribution in [0, 0.1) is 5.92 Å². The molecule has 0 radical (unpaired) electrons. The average Bonchev–Trinajstić information content (AvgIpc) is 2.11. The van der Waals surface area contributed by atoms with Gasteiger partial charge in [0.05, 0.1) is 5.60 Å². The highest BCUT2D eigenvalue weighted by Crippen LogP contribution is 2.04. The van der Waals surface area contributed by atoms with Crippen LogP contribution in [0.3, 0.4) is 0 Å². The smallest absolute Gasteiger partial charge is 0.166 e. The third kappa shape index (κ3) is 7.09. The Kier molecular flexibility index (Phi) is 6.04. The minimum Gasteiger partial charge on any atom is -0.377 e. The average molecular weight is 218 g/mol. The van der Waals surface area contributed by atoms with Crippen molar-refractivity contribution in [1.82, 2.24) is 10.6 Å². The Balaban J connectivity index is 3.64. The molecule has 0 aliphatic carbocycles. The van der Waals surface area contributed by atoms with Crippen molar-refractivity contribution >= 4 is 17.3 Å². The van der Waals surface area contributed by atoms with Gasteiger partial charge in [-0.1, -0.05) is 13.8 Å². The molecule has 0 saturated heterocycles. The number of hydrogen-bond acceptors (Lipinski definition) is 2. The van der Waals surface area contributed by atoms with Crippen LogP contribution in [0.25, 0.3) is 0 Å². The van der Waals surface area contributed by atoms with Crippen LogP contribution in [0.1, 0.15) is 27.7 Å². The first-order valence-electron chi connectivity index (χ1n) is 4.94. The first-order valence-corrected chi connectivity index (χ1v) is 5.35. The molecule has 0 amide bonds. The molecule has 84 valence electrons. The molecule has 0 unspecified atom stereocenters. The summed E-state index contributed by atoms with van der Waals surface area (Å²) < 4.78 is 5.26. The van der Waals surface area contributed by atoms with E-state index in [0.29, 0.717) is 17.6 Å². The van der Waals surface area contributed by atoms with Crippen LogP contribution in [0.5, 0.6) is 0 Å². The van der Waals surface area contributed by atoms with E-state index < -0.39 is 0 Å². The summed E-state index contributed by atoms with van der Waals surface area (Å²) in [5.41, 5.74) is -0.177. The van der Waals surface area contributed by atoms with E-state index in [9.17, 15) is 0 Å². The minimum atomic E-state index is -0.177. The summed E-state index contributed by atoms with van der Waals surface area (Å²) in [6.07, 6.45) is 0. The monoisotopic (exact) mass is 218 g/mol. The topological polar surface area (TPSA) is 33.3 Å². The maximum atomic E-state index is 5.26. The molecule has 0 heterocycles. The van der Waals surface area contributed by atoms with Gasteiger partial charge in [-0.05, 0) is 32.0 Å². The molecule has 0 aromatic heterocycles. The Labute approximate surface area is 92.6 Å². The third-order valence-electron chi connectivity index (χ3n) is 1.90. The number of thiocarbonyl (C=S) groups is 1. The molecular weight excluding hydrogens is 196 g/mol. The quantitative estimate of drug-likeness (QED) is 0.686. The maximum Gasteiger partial charge on any atom is 0.166 e. The molecule has 0 aliphatic heterocycles. The van der Waals surface area contributed by atoms with Crippen molar-refractivity contribution in [3.8, 4) is 0 Å². The molecule has 0 fully saturated rings. The summed E-state index contributed by atoms with van der Waals surface area (Å²) in [4.78, 5) is 0. The van der Waals surface area contributed by atoms with Crippen molar-refractivity contribution in [1.29, 1.82) is 0 Å². The molecule has 0 rings (SSSR count). The van der Waals surface area contributed by atoms with Crippen molar-refractivity contribution in [3.05, 3.63) is 0 Å². The highest BCUT2D eigenvalue weighted by molar-refractivity contribution is 7.80. The minimum absolute atomic E-state index is 0.177. The van der Waals surface area contributed by atoms with Crippen molar-refractivity contribution in [2.45, 2.75) is 33.3 Å². The fourth-order valence-corrected chi connectivity index (χ4v) is 0.880. The summed E-state index contributed by atoms with van der Waals surface area (Å²) in [5, 5.41) is 6.97. The molecular formula is C10H22N2OS. The molecule has 0 saturated carbocycles. The van der Waals surface area contributed by atoms with E-state index in [1.165, 1.54) is 0 Å². The number of methoxy groups -OCH3 is 1. The van der Waals surface area contributed by atoms with E-state index in [-0.39, 0.29) is 5.60 Å². The molecule has 0 aliphatic rings. The maximum absolute atomic E-state index is 5.26. The van der Waals surface area contributed by atoms with E-state index in [1.807, 2.05) is 13.8 Å². The van der Waals surface area contributed by atoms with E-state index >= 15 is 0 Å². The summed E-state index contributed by atoms with van der Waals surface area (Å²) in [6, 6.07) is 0. The van der Waals surface area contributed by atoms with Crippen LogP contribution in [-0.4, -0.2) is 30.9 Å². The van der Waals surface area contributed by atoms with Gasteiger partial charge in [0, 0.05) is 20.2 Å². The molecule has 3 nitrogen and oxygen atoms in total. The van der Waals surface area contributed by atoms with Gasteiger partial charge in [0.15, 0.2) is 5.11 Å². The Morgan fingerprint density at radius 1 is 1.36 bits per heavy atom. The lowest BCUT2D eigenvalue weighted by atomic mass is 10.1. The van der Waals surface area contributed by atoms with Crippen LogP contribution in [-0.2, 0) is 4.74 Å². The summed E-state index contributed by atoms with van der Waals surface area (Å²) in [7, 11) is 1.70. The number of ether oxygens (including phenoxy) is 1. The second-order valence-corrected chi connectivity index (χ2v) is 4.83. The second-order valence-electron chi connectivity index (χ2n) is 4.42. The lowest BCUT2D eigenvalue weighted by Crippen LogP contribution is -2.44. The highest BCUT2D eigenvalue weighted by atomic mass is 32.1. The fraction of sp³-hybridized carbons (Fsp3) is 0.900. The normalized spacial score (nSPS) is 11.6. The summed E-state index contributed by atoms with van der Waals surface area (Å²) in [6.45, 7) is 9.95. The number of rotatable bonds is 5. The Bertz CT molecular complexity index is 181. The van der Waals surface area contributed by atoms with E-state index in [2.05, 4.69) is 24.5 Å². The van der Waals surface area contributed by atoms with Gasteiger partial charge in [0.1, 0.15) is 0 Å². The predicted molar refractivity (Wildman–Crippen MR) is 64.5 cm³/mol. The number of nitrogens with one attached hydrogen (secondary N) is 2. The van der Waals surface area contributed by atoms with Crippen molar-refractivity contribution < 1.29 is 4.74 Å². The molecule has 0 atom stereocenters. The van der Waals surface area contributed by atoms with E-state index in [4.69, 9.17) is 17.0 Å². The van der Waals surface area contributed by atoms with Gasteiger partial charge in [0.25, 0.3) is 0 Å². The number of hydrogen-bond donors (Lipinski definition) is 2. The van der Waals surface area contributed by atoms with Crippen molar-refractivity contribution in [3.63, 3.8) is 0 Å². The zero-order chi connectivity index (χ0) is 11.2. The summed E-state index contributed by atoms with van der Waals surface area (Å²) >= 11 is 5.11. The van der Waals surface area contributed by atoms with Gasteiger partial charge in [-0.3, -0.25) is 0 Å². The first kappa shape index (κ1) is 13.7. The Morgan fingerprint density at radius 3 is 2.36 bits per heavy atom. The molecule has 14 heavy (non-hydrogen) atoms. The molecule has 0 aromatic rings. The zero-order valence-electron chi connectivity index (χ0n) is 9.81. The molecule has 4 heteroatoms. The Hall–Kier alpha value is -0.350. The Morgan fingerprint density at radius 2 is 1.93 bits per heavy atom. The lowest BCUT2D eigenvalue weighted by molar-refractivity contribution is 0.0269. The predicted octanol–water partition coefficient (Wildman–Crippen LogP) is 1.53. The zero-order valence-corrected chi connectivity index (χ0v) is 10.6. The summed E-state index contributed by atoms with van der Waals surface area (Å²) in [5.74, 6) is 0.602. The molecule has 0 bridgehead atoms. The fourth-order valence-electron chi connectivity index (χ4n) is 0.725. The van der Waals surface area contributed by atoms with Gasteiger partial charge >= 0.3 is 0 Å². The van der Waals surface area contributed by atoms with E-state index in [0.717, 1.165) is 6.54 Å². The lowest BCUT2D eigenvalue weighted by Gasteiger charge is -2.24. The molecule has 0 aromatic carbocycles. The van der Waals surface area contributed by atoms with Gasteiger partial charge in [-0.25, -0.2) is 0 Å². The first-order chi connectivity index (χ1) is 6.37. The molecule has 2 N–H and O–H groups in total. The van der Waals surface area contributed by atoms with Gasteiger partial charge in [-0.15, -0.1) is 0 Å². The van der Waals surface area contributed by atoms with Crippen LogP contribution in [0.15, 0.2) is 0 Å². The van der Waals surface area contributed by atoms with Gasteiger partial charge < -0.3 is 15.4 Å². The van der Waals surface area contributed by atoms with E-state index in [1.54, 1.807) is 7.11 Å².